The molecule has 0 heterocycles. The van der Waals surface area contributed by atoms with Gasteiger partial charge in [-0.3, -0.25) is 14.9 Å². The van der Waals surface area contributed by atoms with Gasteiger partial charge in [0.15, 0.2) is 11.5 Å². The molecule has 0 bridgehead atoms. The van der Waals surface area contributed by atoms with Crippen molar-refractivity contribution in [2.24, 2.45) is 5.10 Å². The lowest BCUT2D eigenvalue weighted by atomic mass is 10.1. The average Bonchev–Trinajstić information content (AvgIpc) is 2.61. The maximum Gasteiger partial charge on any atom is 0.282 e. The number of benzene rings is 2. The second kappa shape index (κ2) is 8.25. The van der Waals surface area contributed by atoms with Gasteiger partial charge in [-0.2, -0.15) is 5.10 Å². The van der Waals surface area contributed by atoms with E-state index < -0.39 is 10.8 Å². The zero-order chi connectivity index (χ0) is 18.4. The predicted molar refractivity (Wildman–Crippen MR) is 95.4 cm³/mol. The molecule has 2 rings (SSSR count). The summed E-state index contributed by atoms with van der Waals surface area (Å²) < 4.78 is 11.0. The van der Waals surface area contributed by atoms with Gasteiger partial charge in [-0.05, 0) is 30.3 Å². The fourth-order valence-corrected chi connectivity index (χ4v) is 2.24. The molecule has 8 nitrogen and oxygen atoms in total. The summed E-state index contributed by atoms with van der Waals surface area (Å²) in [5.41, 5.74) is 2.67. The van der Waals surface area contributed by atoms with Gasteiger partial charge in [0.05, 0.1) is 37.0 Å². The van der Waals surface area contributed by atoms with Crippen molar-refractivity contribution in [2.75, 3.05) is 14.2 Å². The topological polar surface area (TPSA) is 103 Å². The Kier molecular flexibility index (Phi) is 6.07. The van der Waals surface area contributed by atoms with E-state index in [1.165, 1.54) is 32.6 Å². The zero-order valence-electron chi connectivity index (χ0n) is 13.4. The number of rotatable bonds is 6. The fourth-order valence-electron chi connectivity index (χ4n) is 1.97. The van der Waals surface area contributed by atoms with Crippen LogP contribution in [0.5, 0.6) is 11.5 Å². The highest BCUT2D eigenvalue weighted by Gasteiger charge is 2.18. The van der Waals surface area contributed by atoms with Crippen molar-refractivity contribution in [3.05, 3.63) is 62.1 Å². The molecule has 2 aromatic rings. The lowest BCUT2D eigenvalue weighted by Crippen LogP contribution is -2.17. The number of carbonyl (C=O) groups excluding carboxylic acids is 1. The normalized spacial score (nSPS) is 10.5. The fraction of sp³-hybridized carbons (Fsp3) is 0.125. The summed E-state index contributed by atoms with van der Waals surface area (Å²) in [6, 6.07) is 9.32. The molecule has 0 atom stereocenters. The van der Waals surface area contributed by atoms with Crippen LogP contribution in [0.4, 0.5) is 5.69 Å². The van der Waals surface area contributed by atoms with Crippen LogP contribution in [0.25, 0.3) is 0 Å². The second-order valence-corrected chi connectivity index (χ2v) is 5.64. The molecule has 0 aliphatic carbocycles. The van der Waals surface area contributed by atoms with Gasteiger partial charge in [0.25, 0.3) is 11.6 Å². The molecule has 0 saturated heterocycles. The number of halogens is 1. The van der Waals surface area contributed by atoms with Gasteiger partial charge in [0.2, 0.25) is 0 Å². The number of nitro groups is 1. The third kappa shape index (κ3) is 4.54. The molecule has 25 heavy (non-hydrogen) atoms. The molecular formula is C16H14BrN3O5. The molecule has 0 aromatic heterocycles. The number of amides is 1. The van der Waals surface area contributed by atoms with Crippen LogP contribution in [0.3, 0.4) is 0 Å². The number of nitrogens with zero attached hydrogens (tertiary/aromatic N) is 2. The van der Waals surface area contributed by atoms with E-state index in [1.54, 1.807) is 24.3 Å². The summed E-state index contributed by atoms with van der Waals surface area (Å²) in [5.74, 6) is 0.103. The van der Waals surface area contributed by atoms with Gasteiger partial charge in [0, 0.05) is 10.0 Å². The van der Waals surface area contributed by atoms with Crippen LogP contribution in [0.1, 0.15) is 15.9 Å². The highest BCUT2D eigenvalue weighted by molar-refractivity contribution is 9.10. The van der Waals surface area contributed by atoms with E-state index in [0.29, 0.717) is 11.3 Å². The minimum atomic E-state index is -0.570. The molecule has 0 radical (unpaired) electrons. The number of methoxy groups -OCH3 is 2. The van der Waals surface area contributed by atoms with E-state index in [2.05, 4.69) is 26.5 Å². The lowest BCUT2D eigenvalue weighted by Gasteiger charge is -2.08. The number of hydrazone groups is 1. The third-order valence-corrected chi connectivity index (χ3v) is 3.73. The number of hydrogen-bond acceptors (Lipinski definition) is 6. The molecule has 130 valence electrons. The maximum absolute atomic E-state index is 12.0. The van der Waals surface area contributed by atoms with Crippen molar-refractivity contribution in [3.63, 3.8) is 0 Å². The minimum Gasteiger partial charge on any atom is -0.493 e. The van der Waals surface area contributed by atoms with E-state index >= 15 is 0 Å². The first kappa shape index (κ1) is 18.4. The summed E-state index contributed by atoms with van der Waals surface area (Å²) in [6.07, 6.45) is 1.18. The van der Waals surface area contributed by atoms with Gasteiger partial charge in [-0.25, -0.2) is 5.43 Å². The van der Waals surface area contributed by atoms with E-state index in [-0.39, 0.29) is 17.0 Å². The molecule has 0 aliphatic rings. The molecule has 0 fully saturated rings. The highest BCUT2D eigenvalue weighted by Crippen LogP contribution is 2.33. The number of hydrogen-bond donors (Lipinski definition) is 1. The highest BCUT2D eigenvalue weighted by atomic mass is 79.9. The third-order valence-electron chi connectivity index (χ3n) is 3.21. The van der Waals surface area contributed by atoms with Crippen LogP contribution in [0, 0.1) is 10.1 Å². The number of ether oxygens (including phenoxy) is 2. The van der Waals surface area contributed by atoms with Gasteiger partial charge in [-0.15, -0.1) is 0 Å². The molecule has 0 aliphatic heterocycles. The Morgan fingerprint density at radius 1 is 1.20 bits per heavy atom. The number of nitrogens with one attached hydrogen (secondary N) is 1. The van der Waals surface area contributed by atoms with Crippen LogP contribution >= 0.6 is 15.9 Å². The molecule has 0 saturated carbocycles. The number of nitro benzene ring substituents is 1. The van der Waals surface area contributed by atoms with E-state index in [0.717, 1.165) is 4.47 Å². The molecule has 0 unspecified atom stereocenters. The Hall–Kier alpha value is -2.94. The lowest BCUT2D eigenvalue weighted by molar-refractivity contribution is -0.385. The van der Waals surface area contributed by atoms with Gasteiger partial charge in [0.1, 0.15) is 0 Å². The Morgan fingerprint density at radius 2 is 1.80 bits per heavy atom. The van der Waals surface area contributed by atoms with Gasteiger partial charge < -0.3 is 9.47 Å². The summed E-state index contributed by atoms with van der Waals surface area (Å²) in [6.45, 7) is 0. The summed E-state index contributed by atoms with van der Waals surface area (Å²) in [7, 11) is 2.80. The molecule has 1 N–H and O–H groups in total. The zero-order valence-corrected chi connectivity index (χ0v) is 14.9. The molecule has 1 amide bonds. The van der Waals surface area contributed by atoms with E-state index in [1.807, 2.05) is 0 Å². The first-order valence-electron chi connectivity index (χ1n) is 6.95. The molecule has 0 spiro atoms. The van der Waals surface area contributed by atoms with Crippen molar-refractivity contribution in [1.82, 2.24) is 5.43 Å². The number of carbonyl (C=O) groups is 1. The van der Waals surface area contributed by atoms with Crippen LogP contribution in [-0.2, 0) is 0 Å². The van der Waals surface area contributed by atoms with Crippen LogP contribution in [0.15, 0.2) is 46.0 Å². The quantitative estimate of drug-likeness (QED) is 0.450. The summed E-state index contributed by atoms with van der Waals surface area (Å²) >= 11 is 3.28. The van der Waals surface area contributed by atoms with Crippen molar-refractivity contribution < 1.29 is 19.2 Å². The first-order chi connectivity index (χ1) is 12.0. The van der Waals surface area contributed by atoms with E-state index in [9.17, 15) is 14.9 Å². The second-order valence-electron chi connectivity index (χ2n) is 4.73. The van der Waals surface area contributed by atoms with Crippen LogP contribution < -0.4 is 14.9 Å². The minimum absolute atomic E-state index is 0.166. The van der Waals surface area contributed by atoms with Crippen LogP contribution in [-0.4, -0.2) is 31.3 Å². The molecular weight excluding hydrogens is 394 g/mol. The Morgan fingerprint density at radius 3 is 2.36 bits per heavy atom. The SMILES string of the molecule is COc1cc(/C=N\NC(=O)c2ccc(Br)cc2)c([N+](=O)[O-])cc1OC. The molecule has 2 aromatic carbocycles. The van der Waals surface area contributed by atoms with Crippen molar-refractivity contribution in [3.8, 4) is 11.5 Å². The van der Waals surface area contributed by atoms with E-state index in [4.69, 9.17) is 9.47 Å². The first-order valence-corrected chi connectivity index (χ1v) is 7.75. The van der Waals surface area contributed by atoms with Crippen molar-refractivity contribution >= 4 is 33.7 Å². The predicted octanol–water partition coefficient (Wildman–Crippen LogP) is 3.14. The van der Waals surface area contributed by atoms with Gasteiger partial charge in [-0.1, -0.05) is 15.9 Å². The average molecular weight is 408 g/mol. The smallest absolute Gasteiger partial charge is 0.282 e. The molecule has 9 heteroatoms. The van der Waals surface area contributed by atoms with Gasteiger partial charge >= 0.3 is 0 Å². The Labute approximate surface area is 151 Å². The van der Waals surface area contributed by atoms with Crippen molar-refractivity contribution in [1.29, 1.82) is 0 Å². The summed E-state index contributed by atoms with van der Waals surface area (Å²) in [4.78, 5) is 22.6. The maximum atomic E-state index is 12.0. The Bertz CT molecular complexity index is 821. The Balaban J connectivity index is 2.23. The standard InChI is InChI=1S/C16H14BrN3O5/c1-24-14-7-11(13(20(22)23)8-15(14)25-2)9-18-19-16(21)10-3-5-12(17)6-4-10/h3-9H,1-2H3,(H,19,21)/b18-9-. The van der Waals surface area contributed by atoms with Crippen LogP contribution in [0.2, 0.25) is 0 Å². The van der Waals surface area contributed by atoms with Crippen molar-refractivity contribution in [2.45, 2.75) is 0 Å². The summed E-state index contributed by atoms with van der Waals surface area (Å²) in [5, 5.41) is 15.0. The monoisotopic (exact) mass is 407 g/mol. The largest absolute Gasteiger partial charge is 0.493 e.